The fraction of sp³-hybridized carbons (Fsp3) is 0.238. The molecular weight excluding hydrogens is 372 g/mol. The van der Waals surface area contributed by atoms with Gasteiger partial charge >= 0.3 is 0 Å². The Morgan fingerprint density at radius 2 is 1.96 bits per heavy atom. The lowest BCUT2D eigenvalue weighted by Gasteiger charge is -2.26. The molecule has 1 fully saturated rings. The molecule has 28 heavy (non-hydrogen) atoms. The second kappa shape index (κ2) is 7.98. The first-order chi connectivity index (χ1) is 13.6. The summed E-state index contributed by atoms with van der Waals surface area (Å²) in [6.45, 7) is 4.33. The summed E-state index contributed by atoms with van der Waals surface area (Å²) >= 11 is 1.62. The molecule has 1 aromatic carbocycles. The van der Waals surface area contributed by atoms with E-state index in [1.165, 1.54) is 5.56 Å². The quantitative estimate of drug-likeness (QED) is 0.706. The van der Waals surface area contributed by atoms with Crippen LogP contribution in [0.25, 0.3) is 21.7 Å². The first-order valence-electron chi connectivity index (χ1n) is 9.02. The molecule has 0 bridgehead atoms. The molecule has 0 amide bonds. The number of nitrogens with zero attached hydrogens (tertiary/aromatic N) is 3. The van der Waals surface area contributed by atoms with Gasteiger partial charge in [-0.3, -0.25) is 4.90 Å². The van der Waals surface area contributed by atoms with Gasteiger partial charge in [0.25, 0.3) is 0 Å². The summed E-state index contributed by atoms with van der Waals surface area (Å²) in [6, 6.07) is 12.9. The summed E-state index contributed by atoms with van der Waals surface area (Å²) in [5.74, 6) is 0.390. The zero-order chi connectivity index (χ0) is 19.5. The summed E-state index contributed by atoms with van der Waals surface area (Å²) in [5.41, 5.74) is 9.95. The Morgan fingerprint density at radius 3 is 2.68 bits per heavy atom. The highest BCUT2D eigenvalue weighted by Gasteiger charge is 2.16. The van der Waals surface area contributed by atoms with Crippen LogP contribution in [0.3, 0.4) is 0 Å². The molecule has 2 aromatic heterocycles. The molecule has 0 radical (unpaired) electrons. The maximum atomic E-state index is 9.54. The molecule has 1 aliphatic rings. The Labute approximate surface area is 167 Å². The van der Waals surface area contributed by atoms with Crippen LogP contribution in [0.5, 0.6) is 5.75 Å². The lowest BCUT2D eigenvalue weighted by molar-refractivity contribution is 0.0342. The van der Waals surface area contributed by atoms with Gasteiger partial charge in [0.2, 0.25) is 0 Å². The monoisotopic (exact) mass is 392 g/mol. The van der Waals surface area contributed by atoms with Gasteiger partial charge in [0.05, 0.1) is 23.8 Å². The lowest BCUT2D eigenvalue weighted by atomic mass is 10.00. The van der Waals surface area contributed by atoms with Gasteiger partial charge in [-0.15, -0.1) is 11.3 Å². The molecule has 7 heteroatoms. The van der Waals surface area contributed by atoms with Crippen LogP contribution in [-0.2, 0) is 11.3 Å². The van der Waals surface area contributed by atoms with Crippen LogP contribution >= 0.6 is 11.3 Å². The predicted octanol–water partition coefficient (Wildman–Crippen LogP) is 3.47. The smallest absolute Gasteiger partial charge is 0.142 e. The molecule has 3 N–H and O–H groups in total. The van der Waals surface area contributed by atoms with Gasteiger partial charge in [-0.2, -0.15) is 5.26 Å². The third-order valence-electron chi connectivity index (χ3n) is 4.75. The Bertz CT molecular complexity index is 1020. The minimum absolute atomic E-state index is 0.176. The SMILES string of the molecule is N#Cc1c(-c2ccc(O)cc2)cc(-c2cc(CN3CCOCC3)cs2)nc1N. The number of hydrogen-bond acceptors (Lipinski definition) is 7. The van der Waals surface area contributed by atoms with E-state index < -0.39 is 0 Å². The molecule has 0 saturated carbocycles. The van der Waals surface area contributed by atoms with Gasteiger partial charge in [0.15, 0.2) is 0 Å². The number of benzene rings is 1. The lowest BCUT2D eigenvalue weighted by Crippen LogP contribution is -2.35. The van der Waals surface area contributed by atoms with Gasteiger partial charge in [-0.1, -0.05) is 12.1 Å². The molecule has 4 rings (SSSR count). The normalized spacial score (nSPS) is 14.7. The van der Waals surface area contributed by atoms with E-state index >= 15 is 0 Å². The van der Waals surface area contributed by atoms with E-state index in [0.29, 0.717) is 11.1 Å². The van der Waals surface area contributed by atoms with Crippen molar-refractivity contribution < 1.29 is 9.84 Å². The topological polar surface area (TPSA) is 95.4 Å². The van der Waals surface area contributed by atoms with Crippen molar-refractivity contribution in [3.63, 3.8) is 0 Å². The van der Waals surface area contributed by atoms with Crippen molar-refractivity contribution in [3.05, 3.63) is 52.9 Å². The fourth-order valence-electron chi connectivity index (χ4n) is 3.29. The maximum Gasteiger partial charge on any atom is 0.142 e. The van der Waals surface area contributed by atoms with Crippen molar-refractivity contribution in [1.29, 1.82) is 5.26 Å². The Morgan fingerprint density at radius 1 is 1.21 bits per heavy atom. The highest BCUT2D eigenvalue weighted by atomic mass is 32.1. The predicted molar refractivity (Wildman–Crippen MR) is 110 cm³/mol. The number of ether oxygens (including phenoxy) is 1. The largest absolute Gasteiger partial charge is 0.508 e. The minimum Gasteiger partial charge on any atom is -0.508 e. The van der Waals surface area contributed by atoms with Crippen LogP contribution in [0, 0.1) is 11.3 Å². The molecule has 1 aliphatic heterocycles. The number of aromatic hydroxyl groups is 1. The molecule has 3 heterocycles. The number of nitriles is 1. The Hall–Kier alpha value is -2.92. The van der Waals surface area contributed by atoms with Crippen LogP contribution < -0.4 is 5.73 Å². The van der Waals surface area contributed by atoms with Crippen molar-refractivity contribution in [2.75, 3.05) is 32.0 Å². The van der Waals surface area contributed by atoms with Crippen molar-refractivity contribution >= 4 is 17.2 Å². The number of nitrogen functional groups attached to an aromatic ring is 1. The number of aromatic nitrogens is 1. The highest BCUT2D eigenvalue weighted by Crippen LogP contribution is 2.34. The number of phenolic OH excluding ortho intramolecular Hbond substituents is 1. The third-order valence-corrected chi connectivity index (χ3v) is 5.76. The van der Waals surface area contributed by atoms with E-state index in [9.17, 15) is 10.4 Å². The summed E-state index contributed by atoms with van der Waals surface area (Å²) in [4.78, 5) is 7.85. The number of thiophene rings is 1. The average Bonchev–Trinajstić information content (AvgIpc) is 3.17. The van der Waals surface area contributed by atoms with Crippen molar-refractivity contribution in [2.45, 2.75) is 6.54 Å². The highest BCUT2D eigenvalue weighted by molar-refractivity contribution is 7.13. The molecule has 0 atom stereocenters. The number of rotatable bonds is 4. The Kier molecular flexibility index (Phi) is 5.26. The van der Waals surface area contributed by atoms with E-state index in [1.807, 2.05) is 6.07 Å². The third kappa shape index (κ3) is 3.85. The standard InChI is InChI=1S/C21H20N4O2S/c22-11-18-17(15-1-3-16(26)4-2-15)10-19(24-21(18)23)20-9-14(13-28-20)12-25-5-7-27-8-6-25/h1-4,9-10,13,26H,5-8,12H2,(H2,23,24). The van der Waals surface area contributed by atoms with Crippen molar-refractivity contribution in [2.24, 2.45) is 0 Å². The summed E-state index contributed by atoms with van der Waals surface area (Å²) in [6.07, 6.45) is 0. The van der Waals surface area contributed by atoms with Crippen LogP contribution in [0.4, 0.5) is 5.82 Å². The summed E-state index contributed by atoms with van der Waals surface area (Å²) < 4.78 is 5.40. The molecule has 0 spiro atoms. The molecule has 3 aromatic rings. The second-order valence-corrected chi connectivity index (χ2v) is 7.59. The number of phenols is 1. The van der Waals surface area contributed by atoms with Gasteiger partial charge in [0.1, 0.15) is 23.2 Å². The molecule has 142 valence electrons. The summed E-state index contributed by atoms with van der Waals surface area (Å²) in [7, 11) is 0. The van der Waals surface area contributed by atoms with Crippen molar-refractivity contribution in [1.82, 2.24) is 9.88 Å². The number of anilines is 1. The first kappa shape index (κ1) is 18.4. The molecule has 0 unspecified atom stereocenters. The van der Waals surface area contributed by atoms with Crippen LogP contribution in [0.1, 0.15) is 11.1 Å². The second-order valence-electron chi connectivity index (χ2n) is 6.68. The number of nitrogens with two attached hydrogens (primary N) is 1. The average molecular weight is 392 g/mol. The fourth-order valence-corrected chi connectivity index (χ4v) is 4.15. The molecule has 1 saturated heterocycles. The molecule has 6 nitrogen and oxygen atoms in total. The number of pyridine rings is 1. The molecule has 0 aliphatic carbocycles. The van der Waals surface area contributed by atoms with Crippen molar-refractivity contribution in [3.8, 4) is 33.5 Å². The first-order valence-corrected chi connectivity index (χ1v) is 9.90. The van der Waals surface area contributed by atoms with E-state index in [2.05, 4.69) is 27.4 Å². The van der Waals surface area contributed by atoms with Crippen LogP contribution in [-0.4, -0.2) is 41.3 Å². The summed E-state index contributed by atoms with van der Waals surface area (Å²) in [5, 5.41) is 21.2. The van der Waals surface area contributed by atoms with Gasteiger partial charge in [0, 0.05) is 25.2 Å². The van der Waals surface area contributed by atoms with E-state index in [1.54, 1.807) is 35.6 Å². The number of hydrogen-bond donors (Lipinski definition) is 2. The van der Waals surface area contributed by atoms with Crippen LogP contribution in [0.15, 0.2) is 41.8 Å². The van der Waals surface area contributed by atoms with E-state index in [-0.39, 0.29) is 11.6 Å². The molecular formula is C21H20N4O2S. The van der Waals surface area contributed by atoms with Crippen LogP contribution in [0.2, 0.25) is 0 Å². The van der Waals surface area contributed by atoms with E-state index in [4.69, 9.17) is 10.5 Å². The van der Waals surface area contributed by atoms with E-state index in [0.717, 1.165) is 49.0 Å². The minimum atomic E-state index is 0.176. The number of morpholine rings is 1. The van der Waals surface area contributed by atoms with Gasteiger partial charge in [-0.25, -0.2) is 4.98 Å². The Balaban J connectivity index is 1.67. The maximum absolute atomic E-state index is 9.54. The zero-order valence-corrected chi connectivity index (χ0v) is 16.1. The zero-order valence-electron chi connectivity index (χ0n) is 15.3. The van der Waals surface area contributed by atoms with Gasteiger partial charge in [-0.05, 0) is 40.8 Å². The van der Waals surface area contributed by atoms with Gasteiger partial charge < -0.3 is 15.6 Å².